The van der Waals surface area contributed by atoms with Gasteiger partial charge in [-0.15, -0.1) is 0 Å². The molecule has 0 unspecified atom stereocenters. The number of ether oxygens (including phenoxy) is 3. The molecule has 0 saturated carbocycles. The fraction of sp³-hybridized carbons (Fsp3) is 0.214. The minimum Gasteiger partial charge on any atom is -0.496 e. The average molecular weight is 264 g/mol. The maximum atomic E-state index is 10.4. The molecule has 0 saturated heterocycles. The highest BCUT2D eigenvalue weighted by Gasteiger charge is 2.10. The van der Waals surface area contributed by atoms with Gasteiger partial charge in [-0.3, -0.25) is 0 Å². The van der Waals surface area contributed by atoms with Crippen molar-refractivity contribution < 1.29 is 24.1 Å². The number of benzene rings is 1. The summed E-state index contributed by atoms with van der Waals surface area (Å²) in [5.41, 5.74) is 0.709. The summed E-state index contributed by atoms with van der Waals surface area (Å²) in [6.07, 6.45) is 5.77. The molecule has 19 heavy (non-hydrogen) atoms. The predicted molar refractivity (Wildman–Crippen MR) is 71.9 cm³/mol. The number of carbonyl (C=O) groups is 1. The predicted octanol–water partition coefficient (Wildman–Crippen LogP) is 2.37. The van der Waals surface area contributed by atoms with Crippen molar-refractivity contribution >= 4 is 12.0 Å². The molecule has 1 N–H and O–H groups in total. The van der Waals surface area contributed by atoms with Gasteiger partial charge < -0.3 is 19.3 Å². The summed E-state index contributed by atoms with van der Waals surface area (Å²) in [4.78, 5) is 10.4. The van der Waals surface area contributed by atoms with Crippen LogP contribution >= 0.6 is 0 Å². The van der Waals surface area contributed by atoms with Crippen LogP contribution in [0.4, 0.5) is 0 Å². The highest BCUT2D eigenvalue weighted by molar-refractivity contribution is 5.80. The lowest BCUT2D eigenvalue weighted by atomic mass is 10.1. The Labute approximate surface area is 111 Å². The molecule has 0 heterocycles. The number of carboxylic acid groups (broad SMARTS) is 1. The highest BCUT2D eigenvalue weighted by atomic mass is 16.5. The third-order valence-electron chi connectivity index (χ3n) is 2.37. The Morgan fingerprint density at radius 3 is 2.05 bits per heavy atom. The number of allylic oxidation sites excluding steroid dienone is 2. The molecule has 0 spiro atoms. The molecule has 0 amide bonds. The van der Waals surface area contributed by atoms with Crippen LogP contribution in [0.5, 0.6) is 17.2 Å². The van der Waals surface area contributed by atoms with E-state index < -0.39 is 5.97 Å². The van der Waals surface area contributed by atoms with Crippen LogP contribution in [0.3, 0.4) is 0 Å². The first kappa shape index (κ1) is 14.6. The molecule has 0 bridgehead atoms. The number of hydrogen-bond donors (Lipinski definition) is 1. The second kappa shape index (κ2) is 7.10. The normalized spacial score (nSPS) is 10.9. The topological polar surface area (TPSA) is 65.0 Å². The second-order valence-electron chi connectivity index (χ2n) is 3.50. The summed E-state index contributed by atoms with van der Waals surface area (Å²) in [6, 6.07) is 3.45. The minimum atomic E-state index is -1.00. The first-order chi connectivity index (χ1) is 9.12. The van der Waals surface area contributed by atoms with E-state index in [1.165, 1.54) is 6.08 Å². The summed E-state index contributed by atoms with van der Waals surface area (Å²) in [5, 5.41) is 8.49. The summed E-state index contributed by atoms with van der Waals surface area (Å²) in [6.45, 7) is 0. The molecule has 5 heteroatoms. The molecular formula is C14H16O5. The van der Waals surface area contributed by atoms with Crippen molar-refractivity contribution in [2.45, 2.75) is 0 Å². The van der Waals surface area contributed by atoms with E-state index in [0.29, 0.717) is 22.8 Å². The first-order valence-electron chi connectivity index (χ1n) is 5.50. The maximum Gasteiger partial charge on any atom is 0.328 e. The van der Waals surface area contributed by atoms with Crippen molar-refractivity contribution in [1.29, 1.82) is 0 Å². The number of carboxylic acids is 1. The van der Waals surface area contributed by atoms with E-state index in [-0.39, 0.29) is 0 Å². The summed E-state index contributed by atoms with van der Waals surface area (Å²) >= 11 is 0. The monoisotopic (exact) mass is 264 g/mol. The van der Waals surface area contributed by atoms with Crippen LogP contribution in [-0.4, -0.2) is 32.4 Å². The summed E-state index contributed by atoms with van der Waals surface area (Å²) in [7, 11) is 4.64. The van der Waals surface area contributed by atoms with Gasteiger partial charge in [-0.1, -0.05) is 12.2 Å². The minimum absolute atomic E-state index is 0.580. The molecule has 0 aliphatic carbocycles. The molecular weight excluding hydrogens is 248 g/mol. The number of hydrogen-bond acceptors (Lipinski definition) is 4. The van der Waals surface area contributed by atoms with E-state index >= 15 is 0 Å². The van der Waals surface area contributed by atoms with Crippen LogP contribution in [0.1, 0.15) is 5.56 Å². The van der Waals surface area contributed by atoms with Crippen molar-refractivity contribution in [3.63, 3.8) is 0 Å². The molecule has 5 nitrogen and oxygen atoms in total. The Morgan fingerprint density at radius 1 is 1.05 bits per heavy atom. The Balaban J connectivity index is 3.13. The molecule has 0 aliphatic heterocycles. The molecule has 0 aliphatic rings. The van der Waals surface area contributed by atoms with E-state index in [2.05, 4.69) is 0 Å². The van der Waals surface area contributed by atoms with Crippen molar-refractivity contribution in [2.24, 2.45) is 0 Å². The zero-order chi connectivity index (χ0) is 14.3. The van der Waals surface area contributed by atoms with Crippen LogP contribution in [0, 0.1) is 0 Å². The SMILES string of the molecule is COc1cc(OC)c(/C=C/C=C/C(=O)O)c(OC)c1. The van der Waals surface area contributed by atoms with Crippen LogP contribution in [0.25, 0.3) is 6.08 Å². The van der Waals surface area contributed by atoms with Crippen LogP contribution in [0.2, 0.25) is 0 Å². The Kier molecular flexibility index (Phi) is 5.47. The van der Waals surface area contributed by atoms with E-state index in [4.69, 9.17) is 19.3 Å². The largest absolute Gasteiger partial charge is 0.496 e. The molecule has 102 valence electrons. The lowest BCUT2D eigenvalue weighted by molar-refractivity contribution is -0.131. The van der Waals surface area contributed by atoms with Gasteiger partial charge in [-0.05, 0) is 6.08 Å². The highest BCUT2D eigenvalue weighted by Crippen LogP contribution is 2.34. The van der Waals surface area contributed by atoms with Gasteiger partial charge in [0.2, 0.25) is 0 Å². The van der Waals surface area contributed by atoms with Crippen LogP contribution < -0.4 is 14.2 Å². The van der Waals surface area contributed by atoms with Gasteiger partial charge in [0.25, 0.3) is 0 Å². The van der Waals surface area contributed by atoms with Crippen molar-refractivity contribution in [2.75, 3.05) is 21.3 Å². The van der Waals surface area contributed by atoms with Crippen LogP contribution in [0.15, 0.2) is 30.4 Å². The first-order valence-corrected chi connectivity index (χ1v) is 5.50. The summed E-state index contributed by atoms with van der Waals surface area (Å²) < 4.78 is 15.6. The molecule has 0 atom stereocenters. The number of methoxy groups -OCH3 is 3. The zero-order valence-corrected chi connectivity index (χ0v) is 11.0. The molecule has 1 rings (SSSR count). The Bertz CT molecular complexity index is 478. The fourth-order valence-electron chi connectivity index (χ4n) is 1.49. The van der Waals surface area contributed by atoms with Gasteiger partial charge in [0.05, 0.1) is 26.9 Å². The van der Waals surface area contributed by atoms with Gasteiger partial charge in [0.15, 0.2) is 0 Å². The zero-order valence-electron chi connectivity index (χ0n) is 11.0. The van der Waals surface area contributed by atoms with Gasteiger partial charge in [0.1, 0.15) is 17.2 Å². The van der Waals surface area contributed by atoms with E-state index in [1.54, 1.807) is 45.6 Å². The van der Waals surface area contributed by atoms with Crippen LogP contribution in [-0.2, 0) is 4.79 Å². The third kappa shape index (κ3) is 4.06. The Morgan fingerprint density at radius 2 is 1.63 bits per heavy atom. The van der Waals surface area contributed by atoms with Gasteiger partial charge in [-0.25, -0.2) is 4.79 Å². The average Bonchev–Trinajstić information content (AvgIpc) is 2.42. The lowest BCUT2D eigenvalue weighted by Gasteiger charge is -2.12. The third-order valence-corrected chi connectivity index (χ3v) is 2.37. The molecule has 1 aromatic rings. The van der Waals surface area contributed by atoms with E-state index in [9.17, 15) is 4.79 Å². The second-order valence-corrected chi connectivity index (χ2v) is 3.50. The van der Waals surface area contributed by atoms with Gasteiger partial charge in [0, 0.05) is 18.2 Å². The van der Waals surface area contributed by atoms with Gasteiger partial charge in [-0.2, -0.15) is 0 Å². The van der Waals surface area contributed by atoms with Crippen molar-refractivity contribution in [3.8, 4) is 17.2 Å². The van der Waals surface area contributed by atoms with Crippen molar-refractivity contribution in [1.82, 2.24) is 0 Å². The summed E-state index contributed by atoms with van der Waals surface area (Å²) in [5.74, 6) is 0.776. The molecule has 1 aromatic carbocycles. The molecule has 0 radical (unpaired) electrons. The number of aliphatic carboxylic acids is 1. The van der Waals surface area contributed by atoms with E-state index in [1.807, 2.05) is 0 Å². The Hall–Kier alpha value is -2.43. The number of rotatable bonds is 6. The smallest absolute Gasteiger partial charge is 0.328 e. The quantitative estimate of drug-likeness (QED) is 0.631. The molecule has 0 fully saturated rings. The van der Waals surface area contributed by atoms with E-state index in [0.717, 1.165) is 6.08 Å². The van der Waals surface area contributed by atoms with Crippen molar-refractivity contribution in [3.05, 3.63) is 35.9 Å². The van der Waals surface area contributed by atoms with Gasteiger partial charge >= 0.3 is 5.97 Å². The fourth-order valence-corrected chi connectivity index (χ4v) is 1.49. The lowest BCUT2D eigenvalue weighted by Crippen LogP contribution is -1.94. The molecule has 0 aromatic heterocycles. The standard InChI is InChI=1S/C14H16O5/c1-17-10-8-12(18-2)11(13(9-10)19-3)6-4-5-7-14(15)16/h4-9H,1-3H3,(H,15,16)/b6-4+,7-5+. The maximum absolute atomic E-state index is 10.4.